The van der Waals surface area contributed by atoms with Crippen LogP contribution in [0, 0.1) is 24.2 Å². The van der Waals surface area contributed by atoms with Crippen LogP contribution in [0.2, 0.25) is 0 Å². The van der Waals surface area contributed by atoms with E-state index in [1.807, 2.05) is 13.8 Å². The van der Waals surface area contributed by atoms with Crippen LogP contribution < -0.4 is 5.14 Å². The van der Waals surface area contributed by atoms with Crippen molar-refractivity contribution in [3.63, 3.8) is 0 Å². The Morgan fingerprint density at radius 2 is 1.67 bits per heavy atom. The molecular weight excluding hydrogens is 386 g/mol. The summed E-state index contributed by atoms with van der Waals surface area (Å²) in [4.78, 5) is 1.14. The molecule has 2 aromatic rings. The van der Waals surface area contributed by atoms with Gasteiger partial charge in [0.05, 0.1) is 11.5 Å². The van der Waals surface area contributed by atoms with Crippen molar-refractivity contribution in [1.29, 1.82) is 5.26 Å². The van der Waals surface area contributed by atoms with E-state index in [1.54, 1.807) is 0 Å². The second-order valence-electron chi connectivity index (χ2n) is 10.5. The van der Waals surface area contributed by atoms with Gasteiger partial charge in [0.25, 0.3) is 0 Å². The van der Waals surface area contributed by atoms with E-state index in [1.165, 1.54) is 66.6 Å². The Bertz CT molecular complexity index is 934. The molecule has 1 saturated carbocycles. The number of hydrogen-bond donors (Lipinski definition) is 1. The van der Waals surface area contributed by atoms with E-state index in [0.29, 0.717) is 0 Å². The zero-order valence-corrected chi connectivity index (χ0v) is 20.3. The molecule has 0 saturated heterocycles. The van der Waals surface area contributed by atoms with Crippen LogP contribution in [0.5, 0.6) is 0 Å². The lowest BCUT2D eigenvalue weighted by molar-refractivity contribution is 0.318. The van der Waals surface area contributed by atoms with E-state index < -0.39 is 5.41 Å². The summed E-state index contributed by atoms with van der Waals surface area (Å²) in [6.45, 7) is 14.0. The maximum absolute atomic E-state index is 9.78. The Hall–Kier alpha value is -1.70. The van der Waals surface area contributed by atoms with Crippen molar-refractivity contribution in [2.75, 3.05) is 0 Å². The number of aromatic nitrogens is 1. The summed E-state index contributed by atoms with van der Waals surface area (Å²) in [5, 5.41) is 15.8. The van der Waals surface area contributed by atoms with Crippen LogP contribution in [0.25, 0.3) is 11.3 Å². The van der Waals surface area contributed by atoms with Gasteiger partial charge < -0.3 is 4.57 Å². The topological polar surface area (TPSA) is 54.7 Å². The lowest BCUT2D eigenvalue weighted by Crippen LogP contribution is -2.19. The summed E-state index contributed by atoms with van der Waals surface area (Å²) in [5.74, 6) is 0.736. The highest BCUT2D eigenvalue weighted by atomic mass is 32.2. The standard InChI is InChI=1S/C26H37N3S/c1-18-24(30-28)15-23(29(18)16-19-10-8-7-9-11-19)20-12-21(25(2,3)4)14-22(13-20)26(5,6)17-27/h12-15,19H,7-11,16,28H2,1-6H3. The molecule has 0 radical (unpaired) electrons. The number of rotatable bonds is 5. The summed E-state index contributed by atoms with van der Waals surface area (Å²) < 4.78 is 2.48. The lowest BCUT2D eigenvalue weighted by Gasteiger charge is -2.27. The fourth-order valence-corrected chi connectivity index (χ4v) is 4.94. The predicted octanol–water partition coefficient (Wildman–Crippen LogP) is 7.11. The molecule has 30 heavy (non-hydrogen) atoms. The van der Waals surface area contributed by atoms with Gasteiger partial charge in [-0.1, -0.05) is 46.1 Å². The first-order valence-electron chi connectivity index (χ1n) is 11.2. The molecule has 4 heteroatoms. The number of nitrogens with two attached hydrogens (primary N) is 1. The first-order chi connectivity index (χ1) is 14.1. The van der Waals surface area contributed by atoms with Crippen molar-refractivity contribution in [3.8, 4) is 17.3 Å². The summed E-state index contributed by atoms with van der Waals surface area (Å²) in [6.07, 6.45) is 6.70. The molecule has 0 aliphatic heterocycles. The fraction of sp³-hybridized carbons (Fsp3) is 0.577. The summed E-state index contributed by atoms with van der Waals surface area (Å²) in [5.41, 5.74) is 5.51. The molecule has 0 amide bonds. The molecule has 162 valence electrons. The van der Waals surface area contributed by atoms with E-state index in [0.717, 1.165) is 22.9 Å². The summed E-state index contributed by atoms with van der Waals surface area (Å²) >= 11 is 1.34. The van der Waals surface area contributed by atoms with Crippen LogP contribution in [-0.2, 0) is 17.4 Å². The van der Waals surface area contributed by atoms with Crippen LogP contribution in [0.4, 0.5) is 0 Å². The van der Waals surface area contributed by atoms with Crippen LogP contribution in [-0.4, -0.2) is 4.57 Å². The lowest BCUT2D eigenvalue weighted by atomic mass is 9.79. The Morgan fingerprint density at radius 1 is 1.03 bits per heavy atom. The molecule has 0 unspecified atom stereocenters. The largest absolute Gasteiger partial charge is 0.343 e. The van der Waals surface area contributed by atoms with Gasteiger partial charge in [-0.3, -0.25) is 5.14 Å². The summed E-state index contributed by atoms with van der Waals surface area (Å²) in [6, 6.07) is 11.5. The highest BCUT2D eigenvalue weighted by Gasteiger charge is 2.26. The molecule has 2 N–H and O–H groups in total. The van der Waals surface area contributed by atoms with Gasteiger partial charge in [-0.2, -0.15) is 5.26 Å². The van der Waals surface area contributed by atoms with Gasteiger partial charge in [0.1, 0.15) is 0 Å². The van der Waals surface area contributed by atoms with Crippen molar-refractivity contribution >= 4 is 11.9 Å². The Balaban J connectivity index is 2.16. The van der Waals surface area contributed by atoms with Gasteiger partial charge in [-0.25, -0.2) is 0 Å². The highest BCUT2D eigenvalue weighted by Crippen LogP contribution is 2.38. The minimum absolute atomic E-state index is 0.0115. The van der Waals surface area contributed by atoms with Crippen molar-refractivity contribution in [2.45, 2.75) is 95.9 Å². The molecule has 0 spiro atoms. The first-order valence-corrected chi connectivity index (χ1v) is 12.1. The minimum atomic E-state index is -0.530. The maximum Gasteiger partial charge on any atom is 0.0766 e. The van der Waals surface area contributed by atoms with Crippen molar-refractivity contribution < 1.29 is 0 Å². The molecule has 1 aromatic heterocycles. The SMILES string of the molecule is Cc1c(SN)cc(-c2cc(C(C)(C)C)cc(C(C)(C)C#N)c2)n1CC1CCCCC1. The first kappa shape index (κ1) is 23.0. The minimum Gasteiger partial charge on any atom is -0.343 e. The molecule has 0 bridgehead atoms. The molecule has 3 nitrogen and oxygen atoms in total. The van der Waals surface area contributed by atoms with E-state index in [-0.39, 0.29) is 5.41 Å². The zero-order valence-electron chi connectivity index (χ0n) is 19.5. The molecular formula is C26H37N3S. The smallest absolute Gasteiger partial charge is 0.0766 e. The highest BCUT2D eigenvalue weighted by molar-refractivity contribution is 7.97. The maximum atomic E-state index is 9.78. The predicted molar refractivity (Wildman–Crippen MR) is 129 cm³/mol. The Morgan fingerprint density at radius 3 is 2.23 bits per heavy atom. The van der Waals surface area contributed by atoms with E-state index >= 15 is 0 Å². The molecule has 1 aliphatic carbocycles. The summed E-state index contributed by atoms with van der Waals surface area (Å²) in [7, 11) is 0. The number of nitrogens with zero attached hydrogens (tertiary/aromatic N) is 2. The van der Waals surface area contributed by atoms with Crippen LogP contribution in [0.3, 0.4) is 0 Å². The number of nitriles is 1. The second kappa shape index (κ2) is 8.81. The molecule has 1 heterocycles. The van der Waals surface area contributed by atoms with Crippen molar-refractivity contribution in [3.05, 3.63) is 41.1 Å². The van der Waals surface area contributed by atoms with E-state index in [9.17, 15) is 5.26 Å². The molecule has 3 rings (SSSR count). The molecule has 1 fully saturated rings. The van der Waals surface area contributed by atoms with Gasteiger partial charge in [-0.15, -0.1) is 0 Å². The third kappa shape index (κ3) is 4.79. The quantitative estimate of drug-likeness (QED) is 0.521. The fourth-order valence-electron chi connectivity index (χ4n) is 4.48. The monoisotopic (exact) mass is 423 g/mol. The van der Waals surface area contributed by atoms with Crippen LogP contribution in [0.15, 0.2) is 29.2 Å². The normalized spacial score (nSPS) is 15.9. The molecule has 1 aromatic carbocycles. The van der Waals surface area contributed by atoms with E-state index in [4.69, 9.17) is 5.14 Å². The van der Waals surface area contributed by atoms with E-state index in [2.05, 4.69) is 62.6 Å². The van der Waals surface area contributed by atoms with Gasteiger partial charge in [0.2, 0.25) is 0 Å². The Kier molecular flexibility index (Phi) is 6.75. The molecule has 0 atom stereocenters. The third-order valence-electron chi connectivity index (χ3n) is 6.71. The number of hydrogen-bond acceptors (Lipinski definition) is 3. The van der Waals surface area contributed by atoms with Gasteiger partial charge in [0, 0.05) is 22.8 Å². The third-order valence-corrected chi connectivity index (χ3v) is 7.38. The van der Waals surface area contributed by atoms with Crippen molar-refractivity contribution in [1.82, 2.24) is 4.57 Å². The van der Waals surface area contributed by atoms with Gasteiger partial charge in [-0.05, 0) is 91.8 Å². The van der Waals surface area contributed by atoms with Crippen LogP contribution in [0.1, 0.15) is 83.5 Å². The number of benzene rings is 1. The zero-order chi connectivity index (χ0) is 22.1. The van der Waals surface area contributed by atoms with Crippen molar-refractivity contribution in [2.24, 2.45) is 11.1 Å². The van der Waals surface area contributed by atoms with Gasteiger partial charge >= 0.3 is 0 Å². The second-order valence-corrected chi connectivity index (χ2v) is 11.2. The average Bonchev–Trinajstić information content (AvgIpc) is 3.03. The molecule has 1 aliphatic rings. The average molecular weight is 424 g/mol. The van der Waals surface area contributed by atoms with Crippen LogP contribution >= 0.6 is 11.9 Å². The van der Waals surface area contributed by atoms with Gasteiger partial charge in [0.15, 0.2) is 0 Å². The Labute approximate surface area is 187 Å².